The summed E-state index contributed by atoms with van der Waals surface area (Å²) in [5.74, 6) is 0.670. The lowest BCUT2D eigenvalue weighted by molar-refractivity contribution is 1.03. The minimum absolute atomic E-state index is 0.272. The van der Waals surface area contributed by atoms with E-state index in [0.717, 1.165) is 23.2 Å². The summed E-state index contributed by atoms with van der Waals surface area (Å²) in [6.45, 7) is 9.50. The van der Waals surface area contributed by atoms with Gasteiger partial charge in [-0.3, -0.25) is 4.57 Å². The highest BCUT2D eigenvalue weighted by Gasteiger charge is 2.20. The summed E-state index contributed by atoms with van der Waals surface area (Å²) in [5, 5.41) is 19.2. The van der Waals surface area contributed by atoms with Crippen LogP contribution in [0.25, 0.3) is 33.0 Å². The van der Waals surface area contributed by atoms with E-state index in [9.17, 15) is 10.5 Å². The van der Waals surface area contributed by atoms with Gasteiger partial charge in [-0.15, -0.1) is 0 Å². The van der Waals surface area contributed by atoms with Crippen LogP contribution in [-0.2, 0) is 6.42 Å². The maximum Gasteiger partial charge on any atom is 0.206 e. The van der Waals surface area contributed by atoms with E-state index >= 15 is 0 Å². The van der Waals surface area contributed by atoms with Crippen molar-refractivity contribution in [2.45, 2.75) is 13.3 Å². The van der Waals surface area contributed by atoms with E-state index < -0.39 is 0 Å². The van der Waals surface area contributed by atoms with Gasteiger partial charge in [0.05, 0.1) is 40.5 Å². The molecule has 1 heterocycles. The Morgan fingerprint density at radius 1 is 1.00 bits per heavy atom. The van der Waals surface area contributed by atoms with Crippen LogP contribution in [0.2, 0.25) is 0 Å². The second-order valence-electron chi connectivity index (χ2n) is 6.50. The molecule has 0 amide bonds. The van der Waals surface area contributed by atoms with Crippen molar-refractivity contribution >= 4 is 16.7 Å². The maximum atomic E-state index is 9.78. The molecule has 0 fully saturated rings. The first-order valence-electron chi connectivity index (χ1n) is 9.13. The molecule has 4 aromatic rings. The molecule has 0 saturated heterocycles. The third-order valence-corrected chi connectivity index (χ3v) is 4.89. The molecule has 0 radical (unpaired) electrons. The van der Waals surface area contributed by atoms with E-state index in [4.69, 9.17) is 11.6 Å². The molecule has 5 heteroatoms. The second-order valence-corrected chi connectivity index (χ2v) is 6.50. The molecule has 0 aliphatic rings. The normalized spacial score (nSPS) is 10.3. The first-order chi connectivity index (χ1) is 14.2. The predicted octanol–water partition coefficient (Wildman–Crippen LogP) is 5.55. The van der Waals surface area contributed by atoms with E-state index in [-0.39, 0.29) is 5.69 Å². The standard InChI is InChI=1S/C24H15N5/c1-3-16-10-7-11-18(14-25)23(16)29-22-13-20(27-2)19(15-26)12-21(22)28-24(29)17-8-5-4-6-9-17/h4-13H,3H2,1H3. The van der Waals surface area contributed by atoms with Gasteiger partial charge in [-0.1, -0.05) is 49.4 Å². The van der Waals surface area contributed by atoms with Crippen molar-refractivity contribution in [2.75, 3.05) is 0 Å². The summed E-state index contributed by atoms with van der Waals surface area (Å²) < 4.78 is 1.94. The molecule has 0 N–H and O–H groups in total. The average molecular weight is 373 g/mol. The first-order valence-corrected chi connectivity index (χ1v) is 9.13. The Balaban J connectivity index is 2.20. The van der Waals surface area contributed by atoms with Crippen molar-refractivity contribution in [3.8, 4) is 29.2 Å². The van der Waals surface area contributed by atoms with Gasteiger partial charge in [0, 0.05) is 5.56 Å². The molecular formula is C24H15N5. The minimum atomic E-state index is 0.272. The van der Waals surface area contributed by atoms with Gasteiger partial charge in [-0.05, 0) is 30.2 Å². The molecule has 136 valence electrons. The van der Waals surface area contributed by atoms with Crippen LogP contribution in [0.5, 0.6) is 0 Å². The molecule has 1 aromatic heterocycles. The van der Waals surface area contributed by atoms with Crippen molar-refractivity contribution in [1.29, 1.82) is 10.5 Å². The van der Waals surface area contributed by atoms with E-state index in [1.54, 1.807) is 18.2 Å². The van der Waals surface area contributed by atoms with Crippen LogP contribution in [0.1, 0.15) is 23.6 Å². The molecule has 0 aliphatic heterocycles. The molecule has 29 heavy (non-hydrogen) atoms. The van der Waals surface area contributed by atoms with Gasteiger partial charge < -0.3 is 0 Å². The van der Waals surface area contributed by atoms with Gasteiger partial charge in [-0.2, -0.15) is 10.5 Å². The van der Waals surface area contributed by atoms with E-state index in [2.05, 4.69) is 17.0 Å². The fourth-order valence-electron chi connectivity index (χ4n) is 3.53. The average Bonchev–Trinajstić information content (AvgIpc) is 3.15. The topological polar surface area (TPSA) is 69.8 Å². The lowest BCUT2D eigenvalue weighted by Gasteiger charge is -2.15. The molecule has 4 rings (SSSR count). The number of hydrogen-bond acceptors (Lipinski definition) is 3. The molecular weight excluding hydrogens is 358 g/mol. The Labute approximate surface area is 168 Å². The fraction of sp³-hybridized carbons (Fsp3) is 0.0833. The number of nitriles is 2. The summed E-state index contributed by atoms with van der Waals surface area (Å²) in [5.41, 5.74) is 5.08. The van der Waals surface area contributed by atoms with Crippen LogP contribution >= 0.6 is 0 Å². The van der Waals surface area contributed by atoms with Gasteiger partial charge >= 0.3 is 0 Å². The summed E-state index contributed by atoms with van der Waals surface area (Å²) in [6, 6.07) is 23.1. The van der Waals surface area contributed by atoms with Crippen LogP contribution in [0.4, 0.5) is 5.69 Å². The Hall–Kier alpha value is -4.40. The van der Waals surface area contributed by atoms with Crippen LogP contribution in [-0.4, -0.2) is 9.55 Å². The van der Waals surface area contributed by atoms with Crippen LogP contribution in [0, 0.1) is 29.2 Å². The minimum Gasteiger partial charge on any atom is -0.292 e. The summed E-state index contributed by atoms with van der Waals surface area (Å²) in [4.78, 5) is 8.31. The molecule has 0 spiro atoms. The zero-order valence-electron chi connectivity index (χ0n) is 15.7. The number of benzene rings is 3. The number of rotatable bonds is 3. The number of imidazole rings is 1. The SMILES string of the molecule is [C-]#[N+]c1cc2c(cc1C#N)nc(-c1ccccc1)n2-c1c(C#N)cccc1CC. The van der Waals surface area contributed by atoms with Crippen LogP contribution in [0.3, 0.4) is 0 Å². The largest absolute Gasteiger partial charge is 0.292 e. The Kier molecular flexibility index (Phi) is 4.54. The highest BCUT2D eigenvalue weighted by molar-refractivity contribution is 5.89. The molecule has 5 nitrogen and oxygen atoms in total. The highest BCUT2D eigenvalue weighted by atomic mass is 15.1. The zero-order chi connectivity index (χ0) is 20.4. The number of aromatic nitrogens is 2. The number of hydrogen-bond donors (Lipinski definition) is 0. The van der Waals surface area contributed by atoms with Crippen molar-refractivity contribution < 1.29 is 0 Å². The third kappa shape index (κ3) is 2.90. The third-order valence-electron chi connectivity index (χ3n) is 4.89. The van der Waals surface area contributed by atoms with Crippen molar-refractivity contribution in [2.24, 2.45) is 0 Å². The lowest BCUT2D eigenvalue weighted by Crippen LogP contribution is -2.04. The zero-order valence-corrected chi connectivity index (χ0v) is 15.7. The van der Waals surface area contributed by atoms with Crippen molar-refractivity contribution in [1.82, 2.24) is 9.55 Å². The van der Waals surface area contributed by atoms with Gasteiger partial charge in [0.2, 0.25) is 5.69 Å². The Morgan fingerprint density at radius 2 is 1.76 bits per heavy atom. The predicted molar refractivity (Wildman–Crippen MR) is 112 cm³/mol. The maximum absolute atomic E-state index is 9.78. The number of nitrogens with zero attached hydrogens (tertiary/aromatic N) is 5. The number of aryl methyl sites for hydroxylation is 1. The number of para-hydroxylation sites is 1. The van der Waals surface area contributed by atoms with E-state index in [0.29, 0.717) is 28.0 Å². The second kappa shape index (κ2) is 7.31. The molecule has 3 aromatic carbocycles. The van der Waals surface area contributed by atoms with Gasteiger partial charge in [-0.25, -0.2) is 9.83 Å². The van der Waals surface area contributed by atoms with Gasteiger partial charge in [0.25, 0.3) is 0 Å². The van der Waals surface area contributed by atoms with Crippen molar-refractivity contribution in [3.05, 3.63) is 88.8 Å². The molecule has 0 bridgehead atoms. The van der Waals surface area contributed by atoms with Crippen molar-refractivity contribution in [3.63, 3.8) is 0 Å². The summed E-state index contributed by atoms with van der Waals surface area (Å²) in [6.07, 6.45) is 0.741. The Morgan fingerprint density at radius 3 is 2.41 bits per heavy atom. The molecule has 0 atom stereocenters. The van der Waals surface area contributed by atoms with E-state index in [1.165, 1.54) is 0 Å². The van der Waals surface area contributed by atoms with Gasteiger partial charge in [0.15, 0.2) is 0 Å². The summed E-state index contributed by atoms with van der Waals surface area (Å²) in [7, 11) is 0. The molecule has 0 unspecified atom stereocenters. The van der Waals surface area contributed by atoms with Gasteiger partial charge in [0.1, 0.15) is 11.9 Å². The quantitative estimate of drug-likeness (QED) is 0.442. The first kappa shape index (κ1) is 18.0. The highest BCUT2D eigenvalue weighted by Crippen LogP contribution is 2.35. The smallest absolute Gasteiger partial charge is 0.206 e. The monoisotopic (exact) mass is 373 g/mol. The van der Waals surface area contributed by atoms with Crippen LogP contribution in [0.15, 0.2) is 60.7 Å². The number of fused-ring (bicyclic) bond motifs is 1. The van der Waals surface area contributed by atoms with E-state index in [1.807, 2.05) is 54.0 Å². The Bertz CT molecular complexity index is 1360. The summed E-state index contributed by atoms with van der Waals surface area (Å²) >= 11 is 0. The molecule has 0 saturated carbocycles. The lowest BCUT2D eigenvalue weighted by atomic mass is 10.0. The molecule has 0 aliphatic carbocycles. The fourth-order valence-corrected chi connectivity index (χ4v) is 3.53. The van der Waals surface area contributed by atoms with Crippen LogP contribution < -0.4 is 0 Å².